The van der Waals surface area contributed by atoms with Crippen molar-refractivity contribution in [3.05, 3.63) is 54.1 Å². The highest BCUT2D eigenvalue weighted by atomic mass is 16.6. The number of hydrogen-bond donors (Lipinski definition) is 2. The molecule has 0 atom stereocenters. The first kappa shape index (κ1) is 20.6. The standard InChI is InChI=1S/C25H36N2O/c1-2-3-4-5-6-8-20-11-13-21(14-12-20)22-15-17-25(18-16-22)28-27-24-10-7-9-23(26)19-24/h7,9-10,15-21,27H,2-6,8,11-14,26H2,1H3. The van der Waals surface area contributed by atoms with Gasteiger partial charge in [0.05, 0.1) is 5.69 Å². The lowest BCUT2D eigenvalue weighted by atomic mass is 9.77. The first-order valence-electron chi connectivity index (χ1n) is 11.1. The molecule has 0 unspecified atom stereocenters. The molecular formula is C25H36N2O. The van der Waals surface area contributed by atoms with Crippen molar-refractivity contribution >= 4 is 11.4 Å². The first-order chi connectivity index (χ1) is 13.7. The second kappa shape index (κ2) is 11.0. The maximum absolute atomic E-state index is 5.79. The number of nitrogens with one attached hydrogen (secondary N) is 1. The molecule has 0 amide bonds. The fourth-order valence-corrected chi connectivity index (χ4v) is 4.35. The van der Waals surface area contributed by atoms with E-state index in [1.54, 1.807) is 0 Å². The maximum Gasteiger partial charge on any atom is 0.155 e. The molecule has 1 saturated carbocycles. The molecule has 2 aromatic rings. The molecule has 0 aromatic heterocycles. The van der Waals surface area contributed by atoms with Gasteiger partial charge < -0.3 is 10.6 Å². The predicted molar refractivity (Wildman–Crippen MR) is 120 cm³/mol. The Balaban J connectivity index is 1.39. The SMILES string of the molecule is CCCCCCCC1CCC(c2ccc(ONc3cccc(N)c3)cc2)CC1. The number of nitrogens with two attached hydrogens (primary N) is 1. The third kappa shape index (κ3) is 6.47. The molecule has 1 aliphatic carbocycles. The smallest absolute Gasteiger partial charge is 0.155 e. The molecule has 0 aliphatic heterocycles. The molecule has 0 radical (unpaired) electrons. The van der Waals surface area contributed by atoms with Crippen LogP contribution in [0.1, 0.15) is 82.6 Å². The van der Waals surface area contributed by atoms with Crippen LogP contribution in [0.3, 0.4) is 0 Å². The molecule has 3 heteroatoms. The molecule has 2 aromatic carbocycles. The maximum atomic E-state index is 5.79. The topological polar surface area (TPSA) is 47.3 Å². The van der Waals surface area contributed by atoms with Crippen LogP contribution in [-0.2, 0) is 0 Å². The van der Waals surface area contributed by atoms with E-state index in [1.165, 1.54) is 69.8 Å². The molecule has 1 fully saturated rings. The van der Waals surface area contributed by atoms with E-state index >= 15 is 0 Å². The fraction of sp³-hybridized carbons (Fsp3) is 0.520. The Morgan fingerprint density at radius 1 is 0.929 bits per heavy atom. The number of rotatable bonds is 10. The van der Waals surface area contributed by atoms with Crippen LogP contribution in [0.2, 0.25) is 0 Å². The highest BCUT2D eigenvalue weighted by Gasteiger charge is 2.22. The van der Waals surface area contributed by atoms with E-state index in [-0.39, 0.29) is 0 Å². The Hall–Kier alpha value is -2.16. The van der Waals surface area contributed by atoms with Crippen molar-refractivity contribution in [3.63, 3.8) is 0 Å². The van der Waals surface area contributed by atoms with Gasteiger partial charge in [0.1, 0.15) is 0 Å². The van der Waals surface area contributed by atoms with Crippen molar-refractivity contribution in [2.45, 2.75) is 77.0 Å². The third-order valence-corrected chi connectivity index (χ3v) is 6.09. The van der Waals surface area contributed by atoms with E-state index in [4.69, 9.17) is 10.6 Å². The van der Waals surface area contributed by atoms with Crippen LogP contribution in [0, 0.1) is 5.92 Å². The van der Waals surface area contributed by atoms with Crippen LogP contribution >= 0.6 is 0 Å². The first-order valence-corrected chi connectivity index (χ1v) is 11.1. The zero-order chi connectivity index (χ0) is 19.6. The summed E-state index contributed by atoms with van der Waals surface area (Å²) in [5.41, 5.74) is 11.8. The highest BCUT2D eigenvalue weighted by molar-refractivity contribution is 5.53. The van der Waals surface area contributed by atoms with E-state index in [2.05, 4.69) is 36.7 Å². The molecule has 28 heavy (non-hydrogen) atoms. The molecule has 0 bridgehead atoms. The van der Waals surface area contributed by atoms with E-state index in [0.717, 1.165) is 23.0 Å². The van der Waals surface area contributed by atoms with E-state index in [1.807, 2.05) is 24.3 Å². The second-order valence-corrected chi connectivity index (χ2v) is 8.32. The summed E-state index contributed by atoms with van der Waals surface area (Å²) in [7, 11) is 0. The Labute approximate surface area is 170 Å². The van der Waals surface area contributed by atoms with Gasteiger partial charge in [-0.2, -0.15) is 0 Å². The summed E-state index contributed by atoms with van der Waals surface area (Å²) >= 11 is 0. The zero-order valence-electron chi connectivity index (χ0n) is 17.3. The lowest BCUT2D eigenvalue weighted by molar-refractivity contribution is 0.302. The van der Waals surface area contributed by atoms with Crippen molar-refractivity contribution in [3.8, 4) is 5.75 Å². The molecule has 3 N–H and O–H groups in total. The quantitative estimate of drug-likeness (QED) is 0.258. The molecule has 0 spiro atoms. The van der Waals surface area contributed by atoms with E-state index < -0.39 is 0 Å². The lowest BCUT2D eigenvalue weighted by Crippen LogP contribution is -2.13. The molecule has 1 aliphatic rings. The molecule has 152 valence electrons. The van der Waals surface area contributed by atoms with Crippen LogP contribution in [0.5, 0.6) is 5.75 Å². The average molecular weight is 381 g/mol. The van der Waals surface area contributed by atoms with Crippen LogP contribution in [0.4, 0.5) is 11.4 Å². The Morgan fingerprint density at radius 2 is 1.68 bits per heavy atom. The zero-order valence-corrected chi connectivity index (χ0v) is 17.3. The summed E-state index contributed by atoms with van der Waals surface area (Å²) in [6.07, 6.45) is 13.9. The predicted octanol–water partition coefficient (Wildman–Crippen LogP) is 7.31. The molecular weight excluding hydrogens is 344 g/mol. The lowest BCUT2D eigenvalue weighted by Gasteiger charge is -2.29. The monoisotopic (exact) mass is 380 g/mol. The van der Waals surface area contributed by atoms with Gasteiger partial charge in [-0.1, -0.05) is 63.6 Å². The fourth-order valence-electron chi connectivity index (χ4n) is 4.35. The highest BCUT2D eigenvalue weighted by Crippen LogP contribution is 2.38. The summed E-state index contributed by atoms with van der Waals surface area (Å²) < 4.78 is 0. The largest absolute Gasteiger partial charge is 0.399 e. The summed E-state index contributed by atoms with van der Waals surface area (Å²) in [4.78, 5) is 5.67. The van der Waals surface area contributed by atoms with Crippen molar-refractivity contribution < 1.29 is 4.84 Å². The minimum Gasteiger partial charge on any atom is -0.399 e. The minimum atomic E-state index is 0.715. The van der Waals surface area contributed by atoms with Gasteiger partial charge in [0.15, 0.2) is 5.75 Å². The van der Waals surface area contributed by atoms with Gasteiger partial charge in [0, 0.05) is 5.69 Å². The van der Waals surface area contributed by atoms with Gasteiger partial charge in [0.25, 0.3) is 0 Å². The van der Waals surface area contributed by atoms with Crippen molar-refractivity contribution in [1.29, 1.82) is 0 Å². The number of nitrogen functional groups attached to an aromatic ring is 1. The molecule has 0 saturated heterocycles. The summed E-state index contributed by atoms with van der Waals surface area (Å²) in [5.74, 6) is 2.50. The normalized spacial score (nSPS) is 19.3. The van der Waals surface area contributed by atoms with Crippen LogP contribution in [-0.4, -0.2) is 0 Å². The Kier molecular flexibility index (Phi) is 8.07. The van der Waals surface area contributed by atoms with Crippen molar-refractivity contribution in [2.75, 3.05) is 11.2 Å². The van der Waals surface area contributed by atoms with Gasteiger partial charge in [-0.05, 0) is 73.4 Å². The minimum absolute atomic E-state index is 0.715. The molecule has 3 rings (SSSR count). The second-order valence-electron chi connectivity index (χ2n) is 8.32. The van der Waals surface area contributed by atoms with Gasteiger partial charge in [-0.15, -0.1) is 0 Å². The summed E-state index contributed by atoms with van der Waals surface area (Å²) in [5, 5.41) is 0. The number of unbranched alkanes of at least 4 members (excludes halogenated alkanes) is 4. The average Bonchev–Trinajstić information content (AvgIpc) is 2.73. The Bertz CT molecular complexity index is 690. The summed E-state index contributed by atoms with van der Waals surface area (Å²) in [6.45, 7) is 2.29. The Morgan fingerprint density at radius 3 is 2.39 bits per heavy atom. The van der Waals surface area contributed by atoms with Gasteiger partial charge in [-0.3, -0.25) is 0 Å². The van der Waals surface area contributed by atoms with Crippen LogP contribution in [0.15, 0.2) is 48.5 Å². The van der Waals surface area contributed by atoms with Crippen molar-refractivity contribution in [2.24, 2.45) is 5.92 Å². The van der Waals surface area contributed by atoms with Gasteiger partial charge in [-0.25, -0.2) is 5.48 Å². The van der Waals surface area contributed by atoms with E-state index in [0.29, 0.717) is 5.92 Å². The number of anilines is 2. The van der Waals surface area contributed by atoms with Crippen LogP contribution in [0.25, 0.3) is 0 Å². The van der Waals surface area contributed by atoms with Crippen molar-refractivity contribution in [1.82, 2.24) is 0 Å². The van der Waals surface area contributed by atoms with Gasteiger partial charge >= 0.3 is 0 Å². The summed E-state index contributed by atoms with van der Waals surface area (Å²) in [6, 6.07) is 16.2. The van der Waals surface area contributed by atoms with E-state index in [9.17, 15) is 0 Å². The number of benzene rings is 2. The molecule has 0 heterocycles. The third-order valence-electron chi connectivity index (χ3n) is 6.09. The number of hydrogen-bond acceptors (Lipinski definition) is 3. The molecule has 3 nitrogen and oxygen atoms in total. The van der Waals surface area contributed by atoms with Gasteiger partial charge in [0.2, 0.25) is 0 Å². The van der Waals surface area contributed by atoms with Crippen LogP contribution < -0.4 is 16.1 Å².